The van der Waals surface area contributed by atoms with Crippen LogP contribution in [-0.4, -0.2) is 22.2 Å². The number of hydrogen-bond donors (Lipinski definition) is 0. The van der Waals surface area contributed by atoms with Gasteiger partial charge in [-0.1, -0.05) is 34.1 Å². The van der Waals surface area contributed by atoms with Crippen molar-refractivity contribution in [3.63, 3.8) is 0 Å². The molecule has 140 valence electrons. The highest BCUT2D eigenvalue weighted by Gasteiger charge is 2.34. The molecule has 0 aromatic heterocycles. The molecule has 1 aliphatic heterocycles. The van der Waals surface area contributed by atoms with Crippen LogP contribution in [0.25, 0.3) is 6.08 Å². The second-order valence-corrected chi connectivity index (χ2v) is 9.01. The van der Waals surface area contributed by atoms with E-state index in [1.165, 1.54) is 4.90 Å². The summed E-state index contributed by atoms with van der Waals surface area (Å²) in [5.41, 5.74) is 1.73. The first kappa shape index (κ1) is 20.2. The first-order chi connectivity index (χ1) is 12.8. The maximum atomic E-state index is 12.7. The normalized spacial score (nSPS) is 15.9. The molecule has 0 saturated carbocycles. The first-order valence-corrected chi connectivity index (χ1v) is 10.7. The van der Waals surface area contributed by atoms with Crippen LogP contribution in [0.3, 0.4) is 0 Å². The highest BCUT2D eigenvalue weighted by atomic mass is 79.9. The summed E-state index contributed by atoms with van der Waals surface area (Å²) in [7, 11) is 0. The fourth-order valence-electron chi connectivity index (χ4n) is 2.52. The number of benzene rings is 2. The van der Waals surface area contributed by atoms with Gasteiger partial charge in [-0.2, -0.15) is 0 Å². The average Bonchev–Trinajstić information content (AvgIpc) is 2.86. The Bertz CT molecular complexity index is 910. The SMILES string of the molecule is CC(C)Oc1ccc(/C=C2\SC(=O)N(Cc3ccc(Br)cc3)C2=O)cc1Br. The monoisotopic (exact) mass is 509 g/mol. The third-order valence-corrected chi connectivity index (χ3v) is 5.80. The van der Waals surface area contributed by atoms with Gasteiger partial charge in [-0.3, -0.25) is 14.5 Å². The van der Waals surface area contributed by atoms with Crippen LogP contribution in [0.5, 0.6) is 5.75 Å². The van der Waals surface area contributed by atoms with E-state index in [2.05, 4.69) is 31.9 Å². The molecule has 0 atom stereocenters. The molecule has 1 aliphatic rings. The van der Waals surface area contributed by atoms with Gasteiger partial charge in [-0.15, -0.1) is 0 Å². The fraction of sp³-hybridized carbons (Fsp3) is 0.200. The summed E-state index contributed by atoms with van der Waals surface area (Å²) in [4.78, 5) is 26.6. The van der Waals surface area contributed by atoms with Crippen LogP contribution in [0.4, 0.5) is 4.79 Å². The van der Waals surface area contributed by atoms with Crippen molar-refractivity contribution in [1.29, 1.82) is 0 Å². The van der Waals surface area contributed by atoms with E-state index < -0.39 is 0 Å². The maximum absolute atomic E-state index is 12.7. The van der Waals surface area contributed by atoms with Gasteiger partial charge in [0.15, 0.2) is 0 Å². The zero-order valence-electron chi connectivity index (χ0n) is 14.7. The van der Waals surface area contributed by atoms with Crippen molar-refractivity contribution in [2.45, 2.75) is 26.5 Å². The zero-order valence-corrected chi connectivity index (χ0v) is 18.7. The van der Waals surface area contributed by atoms with Crippen LogP contribution < -0.4 is 4.74 Å². The summed E-state index contributed by atoms with van der Waals surface area (Å²) >= 11 is 7.83. The van der Waals surface area contributed by atoms with E-state index in [0.29, 0.717) is 4.91 Å². The van der Waals surface area contributed by atoms with Crippen molar-refractivity contribution in [3.8, 4) is 5.75 Å². The molecule has 1 heterocycles. The minimum atomic E-state index is -0.272. The van der Waals surface area contributed by atoms with E-state index in [9.17, 15) is 9.59 Å². The molecule has 0 N–H and O–H groups in total. The summed E-state index contributed by atoms with van der Waals surface area (Å²) in [6, 6.07) is 13.2. The molecule has 0 aliphatic carbocycles. The molecule has 3 rings (SSSR count). The van der Waals surface area contributed by atoms with Gasteiger partial charge < -0.3 is 4.74 Å². The van der Waals surface area contributed by atoms with Gasteiger partial charge in [-0.25, -0.2) is 0 Å². The molecule has 27 heavy (non-hydrogen) atoms. The number of carbonyl (C=O) groups is 2. The zero-order chi connectivity index (χ0) is 19.6. The number of carbonyl (C=O) groups excluding carboxylic acids is 2. The number of imide groups is 1. The van der Waals surface area contributed by atoms with E-state index in [-0.39, 0.29) is 23.8 Å². The molecule has 0 unspecified atom stereocenters. The Kier molecular flexibility index (Phi) is 6.44. The van der Waals surface area contributed by atoms with Crippen LogP contribution in [-0.2, 0) is 11.3 Å². The number of halogens is 2. The number of thioether (sulfide) groups is 1. The fourth-order valence-corrected chi connectivity index (χ4v) is 4.11. The molecule has 2 aromatic rings. The Morgan fingerprint density at radius 3 is 2.44 bits per heavy atom. The summed E-state index contributed by atoms with van der Waals surface area (Å²) in [6.07, 6.45) is 1.80. The maximum Gasteiger partial charge on any atom is 0.293 e. The topological polar surface area (TPSA) is 46.6 Å². The van der Waals surface area contributed by atoms with Crippen LogP contribution >= 0.6 is 43.6 Å². The van der Waals surface area contributed by atoms with E-state index >= 15 is 0 Å². The second-order valence-electron chi connectivity index (χ2n) is 6.25. The van der Waals surface area contributed by atoms with Crippen molar-refractivity contribution in [2.24, 2.45) is 0 Å². The van der Waals surface area contributed by atoms with Crippen LogP contribution in [0, 0.1) is 0 Å². The van der Waals surface area contributed by atoms with Gasteiger partial charge in [0.25, 0.3) is 11.1 Å². The molecule has 4 nitrogen and oxygen atoms in total. The average molecular weight is 511 g/mol. The van der Waals surface area contributed by atoms with Crippen LogP contribution in [0.1, 0.15) is 25.0 Å². The summed E-state index contributed by atoms with van der Waals surface area (Å²) < 4.78 is 7.45. The summed E-state index contributed by atoms with van der Waals surface area (Å²) in [6.45, 7) is 4.18. The molecule has 0 spiro atoms. The van der Waals surface area contributed by atoms with E-state index in [0.717, 1.165) is 37.6 Å². The molecule has 2 amide bonds. The molecule has 1 fully saturated rings. The quantitative estimate of drug-likeness (QED) is 0.447. The van der Waals surface area contributed by atoms with E-state index in [4.69, 9.17) is 4.74 Å². The Morgan fingerprint density at radius 1 is 1.11 bits per heavy atom. The lowest BCUT2D eigenvalue weighted by molar-refractivity contribution is -0.123. The lowest BCUT2D eigenvalue weighted by Crippen LogP contribution is -2.27. The molecular formula is C20H17Br2NO3S. The van der Waals surface area contributed by atoms with E-state index in [1.54, 1.807) is 6.08 Å². The number of nitrogens with zero attached hydrogens (tertiary/aromatic N) is 1. The predicted octanol–water partition coefficient (Wildman–Crippen LogP) is 6.24. The minimum Gasteiger partial charge on any atom is -0.490 e. The van der Waals surface area contributed by atoms with E-state index in [1.807, 2.05) is 56.3 Å². The predicted molar refractivity (Wildman–Crippen MR) is 116 cm³/mol. The molecule has 2 aromatic carbocycles. The third-order valence-electron chi connectivity index (χ3n) is 3.74. The van der Waals surface area contributed by atoms with Crippen molar-refractivity contribution in [3.05, 3.63) is 67.4 Å². The first-order valence-electron chi connectivity index (χ1n) is 8.29. The number of amides is 2. The van der Waals surface area contributed by atoms with Crippen LogP contribution in [0.2, 0.25) is 0 Å². The lowest BCUT2D eigenvalue weighted by atomic mass is 10.2. The number of rotatable bonds is 5. The van der Waals surface area contributed by atoms with Gasteiger partial charge in [0.1, 0.15) is 5.75 Å². The Balaban J connectivity index is 1.77. The van der Waals surface area contributed by atoms with Gasteiger partial charge in [0.2, 0.25) is 0 Å². The van der Waals surface area contributed by atoms with Crippen molar-refractivity contribution in [2.75, 3.05) is 0 Å². The second kappa shape index (κ2) is 8.63. The molecule has 0 bridgehead atoms. The third kappa shape index (κ3) is 5.03. The number of ether oxygens (including phenoxy) is 1. The Labute approximate surface area is 179 Å². The Morgan fingerprint density at radius 2 is 1.81 bits per heavy atom. The molecule has 1 saturated heterocycles. The van der Waals surface area contributed by atoms with Crippen LogP contribution in [0.15, 0.2) is 56.3 Å². The number of hydrogen-bond acceptors (Lipinski definition) is 4. The summed E-state index contributed by atoms with van der Waals surface area (Å²) in [5.74, 6) is 0.469. The molecule has 0 radical (unpaired) electrons. The lowest BCUT2D eigenvalue weighted by Gasteiger charge is -2.12. The minimum absolute atomic E-state index is 0.0715. The van der Waals surface area contributed by atoms with Gasteiger partial charge in [0.05, 0.1) is 22.0 Å². The van der Waals surface area contributed by atoms with Gasteiger partial charge in [0, 0.05) is 4.47 Å². The van der Waals surface area contributed by atoms with Gasteiger partial charge in [-0.05, 0) is 83.0 Å². The smallest absolute Gasteiger partial charge is 0.293 e. The molecular weight excluding hydrogens is 494 g/mol. The highest BCUT2D eigenvalue weighted by molar-refractivity contribution is 9.10. The summed E-state index contributed by atoms with van der Waals surface area (Å²) in [5, 5.41) is -0.256. The molecule has 7 heteroatoms. The van der Waals surface area contributed by atoms with Crippen molar-refractivity contribution < 1.29 is 14.3 Å². The Hall–Kier alpha value is -1.57. The standard InChI is InChI=1S/C20H17Br2NO3S/c1-12(2)26-17-8-5-14(9-16(17)22)10-18-19(24)23(20(25)27-18)11-13-3-6-15(21)7-4-13/h3-10,12H,11H2,1-2H3/b18-10-. The van der Waals surface area contributed by atoms with Crippen molar-refractivity contribution >= 4 is 60.8 Å². The highest BCUT2D eigenvalue weighted by Crippen LogP contribution is 2.35. The van der Waals surface area contributed by atoms with Gasteiger partial charge >= 0.3 is 0 Å². The van der Waals surface area contributed by atoms with Crippen molar-refractivity contribution in [1.82, 2.24) is 4.90 Å². The largest absolute Gasteiger partial charge is 0.490 e.